The predicted molar refractivity (Wildman–Crippen MR) is 105 cm³/mol. The summed E-state index contributed by atoms with van der Waals surface area (Å²) in [5.74, 6) is -1.56. The van der Waals surface area contributed by atoms with Crippen molar-refractivity contribution >= 4 is 5.82 Å². The first kappa shape index (κ1) is 19.4. The Labute approximate surface area is 166 Å². The van der Waals surface area contributed by atoms with Gasteiger partial charge in [-0.1, -0.05) is 6.07 Å². The largest absolute Gasteiger partial charge is 0.376 e. The quantitative estimate of drug-likeness (QED) is 0.606. The summed E-state index contributed by atoms with van der Waals surface area (Å²) < 4.78 is 37.4. The van der Waals surface area contributed by atoms with E-state index in [4.69, 9.17) is 4.74 Å². The molecule has 9 heteroatoms. The summed E-state index contributed by atoms with van der Waals surface area (Å²) in [5, 5.41) is 3.16. The monoisotopic (exact) mass is 403 g/mol. The van der Waals surface area contributed by atoms with E-state index in [1.807, 2.05) is 10.8 Å². The fraction of sp³-hybridized carbons (Fsp3) is 0.400. The van der Waals surface area contributed by atoms with Gasteiger partial charge in [0.05, 0.1) is 18.1 Å². The maximum Gasteiger partial charge on any atom is 0.327 e. The van der Waals surface area contributed by atoms with Gasteiger partial charge >= 0.3 is 5.69 Å². The van der Waals surface area contributed by atoms with Gasteiger partial charge in [0.2, 0.25) is 0 Å². The number of imidazole rings is 2. The molecule has 0 radical (unpaired) electrons. The standard InChI is InChI=1S/C20H23F2N5O2/c21-16-6-1-5-15(17(16)22)18-19(24-12-14-4-2-11-29-14)25-20(28)27(18)9-3-8-26-10-7-23-13-26/h1,5-7,10,13-14,24H,2-4,8-9,11-12H2,(H,25,28). The van der Waals surface area contributed by atoms with E-state index in [2.05, 4.69) is 15.3 Å². The minimum atomic E-state index is -0.977. The Kier molecular flexibility index (Phi) is 5.75. The van der Waals surface area contributed by atoms with Crippen LogP contribution in [-0.4, -0.2) is 38.4 Å². The van der Waals surface area contributed by atoms with Gasteiger partial charge in [-0.3, -0.25) is 9.55 Å². The number of benzene rings is 1. The van der Waals surface area contributed by atoms with Crippen molar-refractivity contribution in [3.05, 3.63) is 59.0 Å². The van der Waals surface area contributed by atoms with Gasteiger partial charge < -0.3 is 14.6 Å². The van der Waals surface area contributed by atoms with Gasteiger partial charge in [-0.2, -0.15) is 0 Å². The number of halogens is 2. The van der Waals surface area contributed by atoms with Crippen LogP contribution in [0.1, 0.15) is 19.3 Å². The van der Waals surface area contributed by atoms with E-state index in [0.717, 1.165) is 18.9 Å². The molecule has 1 atom stereocenters. The van der Waals surface area contributed by atoms with Crippen molar-refractivity contribution in [2.24, 2.45) is 0 Å². The lowest BCUT2D eigenvalue weighted by atomic mass is 10.1. The van der Waals surface area contributed by atoms with Gasteiger partial charge in [0, 0.05) is 44.2 Å². The Morgan fingerprint density at radius 1 is 1.31 bits per heavy atom. The number of nitrogens with zero attached hydrogens (tertiary/aromatic N) is 3. The Hall–Kier alpha value is -2.94. The second-order valence-corrected chi connectivity index (χ2v) is 7.08. The summed E-state index contributed by atoms with van der Waals surface area (Å²) in [6.07, 6.45) is 7.79. The SMILES string of the molecule is O=c1[nH]c(NCC2CCCO2)c(-c2cccc(F)c2F)n1CCCn1ccnc1. The molecule has 2 aromatic heterocycles. The highest BCUT2D eigenvalue weighted by atomic mass is 19.2. The fourth-order valence-corrected chi connectivity index (χ4v) is 3.63. The van der Waals surface area contributed by atoms with Crippen LogP contribution in [-0.2, 0) is 17.8 Å². The van der Waals surface area contributed by atoms with Gasteiger partial charge in [0.15, 0.2) is 11.6 Å². The van der Waals surface area contributed by atoms with Crippen molar-refractivity contribution in [1.29, 1.82) is 0 Å². The fourth-order valence-electron chi connectivity index (χ4n) is 3.63. The molecular weight excluding hydrogens is 380 g/mol. The van der Waals surface area contributed by atoms with E-state index >= 15 is 0 Å². The highest BCUT2D eigenvalue weighted by molar-refractivity contribution is 5.73. The molecule has 2 N–H and O–H groups in total. The van der Waals surface area contributed by atoms with Crippen LogP contribution in [0.4, 0.5) is 14.6 Å². The maximum atomic E-state index is 14.6. The summed E-state index contributed by atoms with van der Waals surface area (Å²) in [7, 11) is 0. The first-order valence-corrected chi connectivity index (χ1v) is 9.72. The summed E-state index contributed by atoms with van der Waals surface area (Å²) in [6, 6.07) is 3.97. The van der Waals surface area contributed by atoms with Crippen molar-refractivity contribution in [3.63, 3.8) is 0 Å². The molecule has 1 aromatic carbocycles. The van der Waals surface area contributed by atoms with Crippen molar-refractivity contribution < 1.29 is 13.5 Å². The number of rotatable bonds is 8. The molecule has 0 amide bonds. The molecule has 0 bridgehead atoms. The van der Waals surface area contributed by atoms with Gasteiger partial charge in [-0.25, -0.2) is 18.6 Å². The minimum Gasteiger partial charge on any atom is -0.376 e. The second-order valence-electron chi connectivity index (χ2n) is 7.08. The van der Waals surface area contributed by atoms with E-state index in [-0.39, 0.29) is 17.4 Å². The summed E-state index contributed by atoms with van der Waals surface area (Å²) in [4.78, 5) is 19.4. The van der Waals surface area contributed by atoms with E-state index in [9.17, 15) is 13.6 Å². The van der Waals surface area contributed by atoms with E-state index in [1.165, 1.54) is 16.7 Å². The lowest BCUT2D eigenvalue weighted by Crippen LogP contribution is -2.19. The van der Waals surface area contributed by atoms with Crippen LogP contribution >= 0.6 is 0 Å². The van der Waals surface area contributed by atoms with Gasteiger partial charge in [-0.05, 0) is 31.4 Å². The zero-order chi connectivity index (χ0) is 20.2. The van der Waals surface area contributed by atoms with Crippen molar-refractivity contribution in [2.45, 2.75) is 38.5 Å². The Morgan fingerprint density at radius 2 is 2.21 bits per heavy atom. The molecule has 7 nitrogen and oxygen atoms in total. The smallest absolute Gasteiger partial charge is 0.327 e. The van der Waals surface area contributed by atoms with E-state index in [1.54, 1.807) is 12.5 Å². The Morgan fingerprint density at radius 3 is 2.97 bits per heavy atom. The average Bonchev–Trinajstić information content (AvgIpc) is 3.46. The van der Waals surface area contributed by atoms with E-state index in [0.29, 0.717) is 44.2 Å². The molecule has 0 spiro atoms. The number of anilines is 1. The number of ether oxygens (including phenoxy) is 1. The summed E-state index contributed by atoms with van der Waals surface area (Å²) in [5.41, 5.74) is -0.0134. The number of H-pyrrole nitrogens is 1. The van der Waals surface area contributed by atoms with Crippen molar-refractivity contribution in [2.75, 3.05) is 18.5 Å². The zero-order valence-corrected chi connectivity index (χ0v) is 15.9. The third kappa shape index (κ3) is 4.24. The van der Waals surface area contributed by atoms with E-state index < -0.39 is 11.6 Å². The van der Waals surface area contributed by atoms with Crippen LogP contribution in [0.5, 0.6) is 0 Å². The minimum absolute atomic E-state index is 0.0355. The Balaban J connectivity index is 1.63. The number of aryl methyl sites for hydroxylation is 1. The summed E-state index contributed by atoms with van der Waals surface area (Å²) in [6.45, 7) is 2.20. The lowest BCUT2D eigenvalue weighted by molar-refractivity contribution is 0.120. The van der Waals surface area contributed by atoms with Crippen LogP contribution in [0.15, 0.2) is 41.7 Å². The molecule has 1 fully saturated rings. The number of aromatic nitrogens is 4. The first-order chi connectivity index (χ1) is 14.1. The highest BCUT2D eigenvalue weighted by Crippen LogP contribution is 2.30. The summed E-state index contributed by atoms with van der Waals surface area (Å²) >= 11 is 0. The number of nitrogens with one attached hydrogen (secondary N) is 2. The van der Waals surface area contributed by atoms with Gasteiger partial charge in [0.25, 0.3) is 0 Å². The molecule has 4 rings (SSSR count). The molecule has 1 aliphatic rings. The average molecular weight is 403 g/mol. The van der Waals surface area contributed by atoms with Crippen LogP contribution in [0.2, 0.25) is 0 Å². The Bertz CT molecular complexity index is 1010. The van der Waals surface area contributed by atoms with Crippen LogP contribution < -0.4 is 11.0 Å². The molecule has 1 unspecified atom stereocenters. The second kappa shape index (κ2) is 8.60. The number of aromatic amines is 1. The van der Waals surface area contributed by atoms with Crippen molar-refractivity contribution in [1.82, 2.24) is 19.1 Å². The molecule has 0 saturated carbocycles. The lowest BCUT2D eigenvalue weighted by Gasteiger charge is -2.14. The molecule has 154 valence electrons. The third-order valence-electron chi connectivity index (χ3n) is 5.08. The first-order valence-electron chi connectivity index (χ1n) is 9.72. The predicted octanol–water partition coefficient (Wildman–Crippen LogP) is 3.00. The molecular formula is C20H23F2N5O2. The molecule has 1 aliphatic heterocycles. The number of hydrogen-bond acceptors (Lipinski definition) is 4. The van der Waals surface area contributed by atoms with Gasteiger partial charge in [-0.15, -0.1) is 0 Å². The molecule has 3 aromatic rings. The highest BCUT2D eigenvalue weighted by Gasteiger charge is 2.22. The van der Waals surface area contributed by atoms with Crippen LogP contribution in [0.25, 0.3) is 11.3 Å². The molecule has 29 heavy (non-hydrogen) atoms. The molecule has 3 heterocycles. The number of hydrogen-bond donors (Lipinski definition) is 2. The molecule has 0 aliphatic carbocycles. The maximum absolute atomic E-state index is 14.6. The normalized spacial score (nSPS) is 16.4. The zero-order valence-electron chi connectivity index (χ0n) is 15.9. The van der Waals surface area contributed by atoms with Crippen LogP contribution in [0.3, 0.4) is 0 Å². The third-order valence-corrected chi connectivity index (χ3v) is 5.08. The topological polar surface area (TPSA) is 76.9 Å². The van der Waals surface area contributed by atoms with Crippen molar-refractivity contribution in [3.8, 4) is 11.3 Å². The molecule has 1 saturated heterocycles. The van der Waals surface area contributed by atoms with Crippen LogP contribution in [0, 0.1) is 11.6 Å². The van der Waals surface area contributed by atoms with Gasteiger partial charge in [0.1, 0.15) is 5.82 Å².